The Labute approximate surface area is 168 Å². The maximum absolute atomic E-state index is 12.3. The molecule has 0 aromatic rings. The number of carbonyl (C=O) groups is 2. The van der Waals surface area contributed by atoms with Crippen LogP contribution in [-0.4, -0.2) is 27.6 Å². The van der Waals surface area contributed by atoms with Crippen LogP contribution in [0, 0.1) is 11.8 Å². The number of carboxylic acid groups (broad SMARTS) is 1. The number of aliphatic carboxylic acids is 1. The van der Waals surface area contributed by atoms with Crippen LogP contribution < -0.4 is 0 Å². The van der Waals surface area contributed by atoms with E-state index in [1.807, 2.05) is 0 Å². The molecular formula is C22H35ClO4. The highest BCUT2D eigenvalue weighted by Crippen LogP contribution is 2.38. The zero-order valence-corrected chi connectivity index (χ0v) is 17.7. The molecule has 2 N–H and O–H groups in total. The topological polar surface area (TPSA) is 74.6 Å². The van der Waals surface area contributed by atoms with Crippen LogP contribution >= 0.6 is 11.6 Å². The standard InChI is InChI=1S/C22H35ClO4/c1-16(2)9-8-10-17(3)13-14-22(27)15-19(23)21(26)18(22)11-6-4-5-7-12-20(24)25/h11,15-17,27H,4-10,12-14H2,1-3H3,(H,24,25)/b18-11-. The lowest BCUT2D eigenvalue weighted by Crippen LogP contribution is -2.28. The van der Waals surface area contributed by atoms with Crippen LogP contribution in [0.25, 0.3) is 0 Å². The predicted molar refractivity (Wildman–Crippen MR) is 110 cm³/mol. The van der Waals surface area contributed by atoms with Gasteiger partial charge in [0.25, 0.3) is 0 Å². The molecule has 0 amide bonds. The molecule has 0 aromatic carbocycles. The summed E-state index contributed by atoms with van der Waals surface area (Å²) in [6, 6.07) is 0. The van der Waals surface area contributed by atoms with Gasteiger partial charge in [-0.1, -0.05) is 64.1 Å². The van der Waals surface area contributed by atoms with Gasteiger partial charge in [-0.25, -0.2) is 0 Å². The Kier molecular flexibility index (Phi) is 10.3. The van der Waals surface area contributed by atoms with E-state index in [1.165, 1.54) is 18.9 Å². The molecule has 0 radical (unpaired) electrons. The van der Waals surface area contributed by atoms with Gasteiger partial charge in [-0.15, -0.1) is 0 Å². The van der Waals surface area contributed by atoms with Crippen molar-refractivity contribution in [2.45, 2.75) is 90.6 Å². The van der Waals surface area contributed by atoms with Crippen LogP contribution in [0.1, 0.15) is 85.0 Å². The quantitative estimate of drug-likeness (QED) is 0.311. The number of aliphatic hydroxyl groups is 1. The number of ketones is 1. The molecule has 1 rings (SSSR count). The molecule has 0 aliphatic heterocycles. The maximum atomic E-state index is 12.3. The fourth-order valence-corrected chi connectivity index (χ4v) is 3.77. The Bertz CT molecular complexity index is 565. The average Bonchev–Trinajstić information content (AvgIpc) is 2.78. The van der Waals surface area contributed by atoms with Gasteiger partial charge in [0, 0.05) is 12.0 Å². The molecule has 0 spiro atoms. The first kappa shape index (κ1) is 23.9. The second kappa shape index (κ2) is 11.7. The number of rotatable bonds is 13. The van der Waals surface area contributed by atoms with Crippen molar-refractivity contribution in [2.24, 2.45) is 11.8 Å². The minimum Gasteiger partial charge on any atom is -0.481 e. The van der Waals surface area contributed by atoms with E-state index in [9.17, 15) is 14.7 Å². The highest BCUT2D eigenvalue weighted by molar-refractivity contribution is 6.46. The van der Waals surface area contributed by atoms with Crippen LogP contribution in [0.15, 0.2) is 22.8 Å². The summed E-state index contributed by atoms with van der Waals surface area (Å²) in [6.45, 7) is 6.64. The summed E-state index contributed by atoms with van der Waals surface area (Å²) in [7, 11) is 0. The van der Waals surface area contributed by atoms with Crippen LogP contribution in [0.2, 0.25) is 0 Å². The first-order valence-corrected chi connectivity index (χ1v) is 10.6. The SMILES string of the molecule is CC(C)CCCC(C)CCC1(O)C=C(Cl)C(=O)/C1=C/CCCCCC(=O)O. The molecule has 0 saturated heterocycles. The number of halogens is 1. The molecular weight excluding hydrogens is 364 g/mol. The van der Waals surface area contributed by atoms with Crippen LogP contribution in [0.4, 0.5) is 0 Å². The molecule has 1 aliphatic carbocycles. The Morgan fingerprint density at radius 3 is 2.48 bits per heavy atom. The molecule has 0 aromatic heterocycles. The van der Waals surface area contributed by atoms with E-state index in [0.29, 0.717) is 36.7 Å². The summed E-state index contributed by atoms with van der Waals surface area (Å²) in [6.07, 6.45) is 11.2. The normalized spacial score (nSPS) is 22.5. The van der Waals surface area contributed by atoms with E-state index in [0.717, 1.165) is 25.7 Å². The number of carbonyl (C=O) groups excluding carboxylic acids is 1. The van der Waals surface area contributed by atoms with Crippen molar-refractivity contribution in [3.05, 3.63) is 22.8 Å². The van der Waals surface area contributed by atoms with Crippen LogP contribution in [0.5, 0.6) is 0 Å². The fraction of sp³-hybridized carbons (Fsp3) is 0.727. The molecule has 0 fully saturated rings. The highest BCUT2D eigenvalue weighted by Gasteiger charge is 2.40. The van der Waals surface area contributed by atoms with Gasteiger partial charge in [0.2, 0.25) is 5.78 Å². The monoisotopic (exact) mass is 398 g/mol. The minimum absolute atomic E-state index is 0.0992. The lowest BCUT2D eigenvalue weighted by Gasteiger charge is -2.24. The van der Waals surface area contributed by atoms with Gasteiger partial charge in [0.05, 0.1) is 5.03 Å². The number of hydrogen-bond acceptors (Lipinski definition) is 3. The summed E-state index contributed by atoms with van der Waals surface area (Å²) in [5.41, 5.74) is -0.873. The van der Waals surface area contributed by atoms with Crippen molar-refractivity contribution in [3.63, 3.8) is 0 Å². The van der Waals surface area contributed by atoms with E-state index in [1.54, 1.807) is 6.08 Å². The summed E-state index contributed by atoms with van der Waals surface area (Å²) in [4.78, 5) is 22.8. The number of unbranched alkanes of at least 4 members (excludes halogenated alkanes) is 3. The van der Waals surface area contributed by atoms with Crippen molar-refractivity contribution < 1.29 is 19.8 Å². The summed E-state index contributed by atoms with van der Waals surface area (Å²) in [5.74, 6) is 0.137. The zero-order valence-electron chi connectivity index (χ0n) is 17.0. The largest absolute Gasteiger partial charge is 0.481 e. The molecule has 0 heterocycles. The molecule has 0 bridgehead atoms. The van der Waals surface area contributed by atoms with Gasteiger partial charge in [-0.05, 0) is 50.0 Å². The third-order valence-electron chi connectivity index (χ3n) is 5.23. The summed E-state index contributed by atoms with van der Waals surface area (Å²) >= 11 is 6.02. The van der Waals surface area contributed by atoms with E-state index in [4.69, 9.17) is 16.7 Å². The third-order valence-corrected chi connectivity index (χ3v) is 5.51. The van der Waals surface area contributed by atoms with Crippen molar-refractivity contribution >= 4 is 23.4 Å². The van der Waals surface area contributed by atoms with E-state index >= 15 is 0 Å². The Morgan fingerprint density at radius 2 is 1.85 bits per heavy atom. The first-order chi connectivity index (χ1) is 12.7. The molecule has 154 valence electrons. The van der Waals surface area contributed by atoms with Gasteiger partial charge < -0.3 is 10.2 Å². The highest BCUT2D eigenvalue weighted by atomic mass is 35.5. The number of allylic oxidation sites excluding steroid dienone is 2. The van der Waals surface area contributed by atoms with E-state index in [2.05, 4.69) is 20.8 Å². The van der Waals surface area contributed by atoms with Crippen LogP contribution in [-0.2, 0) is 9.59 Å². The number of carboxylic acids is 1. The zero-order chi connectivity index (χ0) is 20.4. The molecule has 1 aliphatic rings. The van der Waals surface area contributed by atoms with Crippen molar-refractivity contribution in [1.82, 2.24) is 0 Å². The molecule has 4 nitrogen and oxygen atoms in total. The van der Waals surface area contributed by atoms with E-state index in [-0.39, 0.29) is 17.2 Å². The predicted octanol–water partition coefficient (Wildman–Crippen LogP) is 5.63. The molecule has 5 heteroatoms. The van der Waals surface area contributed by atoms with Gasteiger partial charge in [0.1, 0.15) is 5.60 Å². The summed E-state index contributed by atoms with van der Waals surface area (Å²) in [5, 5.41) is 19.8. The molecule has 2 atom stereocenters. The number of Topliss-reactive ketones (excluding diaryl/α,β-unsaturated/α-hetero) is 1. The fourth-order valence-electron chi connectivity index (χ4n) is 3.48. The Morgan fingerprint density at radius 1 is 1.15 bits per heavy atom. The average molecular weight is 399 g/mol. The van der Waals surface area contributed by atoms with Crippen molar-refractivity contribution in [2.75, 3.05) is 0 Å². The van der Waals surface area contributed by atoms with Crippen molar-refractivity contribution in [1.29, 1.82) is 0 Å². The van der Waals surface area contributed by atoms with Crippen LogP contribution in [0.3, 0.4) is 0 Å². The Hall–Kier alpha value is -1.13. The second-order valence-corrected chi connectivity index (χ2v) is 8.73. The lowest BCUT2D eigenvalue weighted by atomic mass is 9.86. The lowest BCUT2D eigenvalue weighted by molar-refractivity contribution is -0.137. The van der Waals surface area contributed by atoms with Gasteiger partial charge in [-0.2, -0.15) is 0 Å². The summed E-state index contributed by atoms with van der Waals surface area (Å²) < 4.78 is 0. The Balaban J connectivity index is 2.54. The minimum atomic E-state index is -1.26. The third kappa shape index (κ3) is 8.61. The number of hydrogen-bond donors (Lipinski definition) is 2. The van der Waals surface area contributed by atoms with Gasteiger partial charge in [0.15, 0.2) is 0 Å². The maximum Gasteiger partial charge on any atom is 0.303 e. The van der Waals surface area contributed by atoms with Crippen molar-refractivity contribution in [3.8, 4) is 0 Å². The van der Waals surface area contributed by atoms with Gasteiger partial charge in [-0.3, -0.25) is 9.59 Å². The first-order valence-electron chi connectivity index (χ1n) is 10.2. The second-order valence-electron chi connectivity index (χ2n) is 8.33. The molecule has 27 heavy (non-hydrogen) atoms. The van der Waals surface area contributed by atoms with E-state index < -0.39 is 11.6 Å². The van der Waals surface area contributed by atoms with Gasteiger partial charge >= 0.3 is 5.97 Å². The molecule has 2 unspecified atom stereocenters. The molecule has 0 saturated carbocycles. The smallest absolute Gasteiger partial charge is 0.303 e.